The summed E-state index contributed by atoms with van der Waals surface area (Å²) in [6.07, 6.45) is 0.834. The van der Waals surface area contributed by atoms with Gasteiger partial charge in [0.2, 0.25) is 5.91 Å². The molecule has 1 heterocycles. The van der Waals surface area contributed by atoms with E-state index in [1.54, 1.807) is 6.07 Å². The van der Waals surface area contributed by atoms with Crippen molar-refractivity contribution in [2.75, 3.05) is 38.5 Å². The number of nitrogen functional groups attached to an aromatic ring is 1. The summed E-state index contributed by atoms with van der Waals surface area (Å²) in [7, 11) is 0. The lowest BCUT2D eigenvalue weighted by Crippen LogP contribution is -2.38. The quantitative estimate of drug-likeness (QED) is 0.778. The van der Waals surface area contributed by atoms with Crippen LogP contribution in [0.3, 0.4) is 0 Å². The van der Waals surface area contributed by atoms with Gasteiger partial charge in [0.1, 0.15) is 0 Å². The lowest BCUT2D eigenvalue weighted by molar-refractivity contribution is -0.119. The minimum Gasteiger partial charge on any atom is -0.399 e. The van der Waals surface area contributed by atoms with E-state index >= 15 is 0 Å². The number of hydrogen-bond acceptors (Lipinski definition) is 4. The van der Waals surface area contributed by atoms with E-state index in [1.807, 2.05) is 28.9 Å². The molecule has 1 fully saturated rings. The van der Waals surface area contributed by atoms with Crippen LogP contribution in [-0.4, -0.2) is 54.3 Å². The first kappa shape index (κ1) is 15.3. The number of rotatable bonds is 3. The summed E-state index contributed by atoms with van der Waals surface area (Å²) in [6, 6.07) is 5.40. The van der Waals surface area contributed by atoms with E-state index in [1.165, 1.54) is 0 Å². The van der Waals surface area contributed by atoms with Crippen molar-refractivity contribution in [3.8, 4) is 0 Å². The minimum atomic E-state index is -0.332. The van der Waals surface area contributed by atoms with Crippen LogP contribution in [0.25, 0.3) is 0 Å². The van der Waals surface area contributed by atoms with Gasteiger partial charge in [-0.05, 0) is 37.1 Å². The molecule has 4 N–H and O–H groups in total. The van der Waals surface area contributed by atoms with Crippen LogP contribution in [0.15, 0.2) is 18.2 Å². The molecule has 0 unspecified atom stereocenters. The number of nitrogens with zero attached hydrogens (tertiary/aromatic N) is 2. The standard InChI is InChI=1S/C15H22N4O2/c1-11-7-12(9-13(16)8-11)15(21)19-4-2-3-18(5-6-19)10-14(17)20/h7-9H,2-6,10,16H2,1H3,(H2,17,20). The van der Waals surface area contributed by atoms with E-state index in [4.69, 9.17) is 11.5 Å². The fourth-order valence-corrected chi connectivity index (χ4v) is 2.67. The molecule has 21 heavy (non-hydrogen) atoms. The average Bonchev–Trinajstić information content (AvgIpc) is 2.61. The Morgan fingerprint density at radius 3 is 2.57 bits per heavy atom. The maximum atomic E-state index is 12.5. The number of anilines is 1. The maximum Gasteiger partial charge on any atom is 0.253 e. The smallest absolute Gasteiger partial charge is 0.253 e. The molecule has 0 spiro atoms. The number of hydrogen-bond donors (Lipinski definition) is 2. The largest absolute Gasteiger partial charge is 0.399 e. The fraction of sp³-hybridized carbons (Fsp3) is 0.467. The van der Waals surface area contributed by atoms with E-state index in [9.17, 15) is 9.59 Å². The Morgan fingerprint density at radius 1 is 1.14 bits per heavy atom. The highest BCUT2D eigenvalue weighted by Gasteiger charge is 2.21. The molecular weight excluding hydrogens is 268 g/mol. The first-order valence-electron chi connectivity index (χ1n) is 7.13. The third kappa shape index (κ3) is 4.19. The molecule has 1 aromatic carbocycles. The number of primary amides is 1. The van der Waals surface area contributed by atoms with E-state index in [2.05, 4.69) is 0 Å². The van der Waals surface area contributed by atoms with Crippen LogP contribution in [0.1, 0.15) is 22.3 Å². The molecule has 1 aromatic rings. The number of amides is 2. The molecule has 2 amide bonds. The lowest BCUT2D eigenvalue weighted by atomic mass is 10.1. The summed E-state index contributed by atoms with van der Waals surface area (Å²) in [5.74, 6) is -0.340. The molecule has 0 aromatic heterocycles. The first-order chi connectivity index (χ1) is 9.95. The Hall–Kier alpha value is -2.08. The van der Waals surface area contributed by atoms with Crippen LogP contribution in [-0.2, 0) is 4.79 Å². The van der Waals surface area contributed by atoms with E-state index < -0.39 is 0 Å². The Balaban J connectivity index is 2.04. The highest BCUT2D eigenvalue weighted by molar-refractivity contribution is 5.95. The second-order valence-corrected chi connectivity index (χ2v) is 5.52. The zero-order valence-electron chi connectivity index (χ0n) is 12.3. The van der Waals surface area contributed by atoms with Crippen LogP contribution in [0.5, 0.6) is 0 Å². The topological polar surface area (TPSA) is 92.7 Å². The van der Waals surface area contributed by atoms with Gasteiger partial charge < -0.3 is 16.4 Å². The third-order valence-electron chi connectivity index (χ3n) is 3.60. The van der Waals surface area contributed by atoms with Crippen molar-refractivity contribution >= 4 is 17.5 Å². The van der Waals surface area contributed by atoms with Crippen LogP contribution in [0.2, 0.25) is 0 Å². The number of benzene rings is 1. The van der Waals surface area contributed by atoms with Crippen molar-refractivity contribution < 1.29 is 9.59 Å². The van der Waals surface area contributed by atoms with Gasteiger partial charge in [-0.2, -0.15) is 0 Å². The number of aryl methyl sites for hydroxylation is 1. The third-order valence-corrected chi connectivity index (χ3v) is 3.60. The molecule has 0 aliphatic carbocycles. The van der Waals surface area contributed by atoms with Crippen molar-refractivity contribution in [1.29, 1.82) is 0 Å². The normalized spacial score (nSPS) is 16.5. The van der Waals surface area contributed by atoms with Crippen molar-refractivity contribution in [1.82, 2.24) is 9.80 Å². The number of carbonyl (C=O) groups excluding carboxylic acids is 2. The van der Waals surface area contributed by atoms with Gasteiger partial charge in [0, 0.05) is 37.4 Å². The average molecular weight is 290 g/mol. The summed E-state index contributed by atoms with van der Waals surface area (Å²) in [5.41, 5.74) is 13.2. The summed E-state index contributed by atoms with van der Waals surface area (Å²) in [5, 5.41) is 0. The molecule has 1 saturated heterocycles. The molecule has 0 saturated carbocycles. The maximum absolute atomic E-state index is 12.5. The van der Waals surface area contributed by atoms with Gasteiger partial charge in [0.25, 0.3) is 5.91 Å². The fourth-order valence-electron chi connectivity index (χ4n) is 2.67. The Morgan fingerprint density at radius 2 is 1.90 bits per heavy atom. The Bertz CT molecular complexity index is 524. The molecule has 1 aliphatic heterocycles. The van der Waals surface area contributed by atoms with Crippen molar-refractivity contribution in [2.45, 2.75) is 13.3 Å². The van der Waals surface area contributed by atoms with Crippen LogP contribution in [0, 0.1) is 6.92 Å². The molecule has 114 valence electrons. The lowest BCUT2D eigenvalue weighted by Gasteiger charge is -2.21. The van der Waals surface area contributed by atoms with Crippen LogP contribution >= 0.6 is 0 Å². The van der Waals surface area contributed by atoms with Crippen molar-refractivity contribution in [2.24, 2.45) is 5.73 Å². The molecular formula is C15H22N4O2. The first-order valence-corrected chi connectivity index (χ1v) is 7.13. The van der Waals surface area contributed by atoms with Crippen molar-refractivity contribution in [3.63, 3.8) is 0 Å². The number of nitrogens with two attached hydrogens (primary N) is 2. The Labute approximate surface area is 124 Å². The van der Waals surface area contributed by atoms with Gasteiger partial charge in [-0.3, -0.25) is 14.5 Å². The zero-order chi connectivity index (χ0) is 15.4. The predicted octanol–water partition coefficient (Wildman–Crippen LogP) is 0.210. The molecule has 0 atom stereocenters. The van der Waals surface area contributed by atoms with E-state index in [0.29, 0.717) is 30.9 Å². The molecule has 2 rings (SSSR count). The van der Waals surface area contributed by atoms with Gasteiger partial charge in [0.05, 0.1) is 6.54 Å². The van der Waals surface area contributed by atoms with Gasteiger partial charge in [-0.25, -0.2) is 0 Å². The van der Waals surface area contributed by atoms with Gasteiger partial charge in [-0.1, -0.05) is 0 Å². The van der Waals surface area contributed by atoms with Gasteiger partial charge >= 0.3 is 0 Å². The van der Waals surface area contributed by atoms with E-state index in [-0.39, 0.29) is 18.4 Å². The summed E-state index contributed by atoms with van der Waals surface area (Å²) >= 11 is 0. The number of carbonyl (C=O) groups is 2. The molecule has 1 aliphatic rings. The molecule has 0 bridgehead atoms. The van der Waals surface area contributed by atoms with Crippen LogP contribution < -0.4 is 11.5 Å². The van der Waals surface area contributed by atoms with Crippen molar-refractivity contribution in [3.05, 3.63) is 29.3 Å². The summed E-state index contributed by atoms with van der Waals surface area (Å²) < 4.78 is 0. The van der Waals surface area contributed by atoms with Crippen LogP contribution in [0.4, 0.5) is 5.69 Å². The molecule has 0 radical (unpaired) electrons. The highest BCUT2D eigenvalue weighted by Crippen LogP contribution is 2.15. The monoisotopic (exact) mass is 290 g/mol. The van der Waals surface area contributed by atoms with Gasteiger partial charge in [-0.15, -0.1) is 0 Å². The second kappa shape index (κ2) is 6.58. The Kier molecular flexibility index (Phi) is 4.80. The second-order valence-electron chi connectivity index (χ2n) is 5.52. The van der Waals surface area contributed by atoms with E-state index in [0.717, 1.165) is 18.5 Å². The predicted molar refractivity (Wildman–Crippen MR) is 81.7 cm³/mol. The summed E-state index contributed by atoms with van der Waals surface area (Å²) in [6.45, 7) is 4.89. The zero-order valence-corrected chi connectivity index (χ0v) is 12.3. The van der Waals surface area contributed by atoms with Gasteiger partial charge in [0.15, 0.2) is 0 Å². The molecule has 6 nitrogen and oxygen atoms in total. The minimum absolute atomic E-state index is 0.00803. The summed E-state index contributed by atoms with van der Waals surface area (Å²) in [4.78, 5) is 27.3. The highest BCUT2D eigenvalue weighted by atomic mass is 16.2. The SMILES string of the molecule is Cc1cc(N)cc(C(=O)N2CCCN(CC(N)=O)CC2)c1. The molecule has 6 heteroatoms.